The van der Waals surface area contributed by atoms with Crippen molar-refractivity contribution in [3.05, 3.63) is 65.4 Å². The van der Waals surface area contributed by atoms with Crippen molar-refractivity contribution in [3.63, 3.8) is 0 Å². The lowest BCUT2D eigenvalue weighted by Crippen LogP contribution is -2.21. The summed E-state index contributed by atoms with van der Waals surface area (Å²) in [5, 5.41) is 3.79. The van der Waals surface area contributed by atoms with Gasteiger partial charge in [-0.25, -0.2) is 23.1 Å². The number of aromatic nitrogens is 2. The molecule has 0 radical (unpaired) electrons. The van der Waals surface area contributed by atoms with E-state index in [1.165, 1.54) is 6.33 Å². The van der Waals surface area contributed by atoms with Crippen molar-refractivity contribution in [2.45, 2.75) is 6.54 Å². The van der Waals surface area contributed by atoms with Crippen LogP contribution in [0.3, 0.4) is 0 Å². The maximum absolute atomic E-state index is 11.2. The number of rotatable bonds is 7. The van der Waals surface area contributed by atoms with Gasteiger partial charge in [0.2, 0.25) is 10.0 Å². The summed E-state index contributed by atoms with van der Waals surface area (Å²) in [4.78, 5) is 8.56. The third-order valence-corrected chi connectivity index (χ3v) is 4.78. The molecule has 2 N–H and O–H groups in total. The molecule has 9 heteroatoms. The van der Waals surface area contributed by atoms with Crippen LogP contribution in [0.25, 0.3) is 11.3 Å². The summed E-state index contributed by atoms with van der Waals surface area (Å²) in [7, 11) is -1.64. The van der Waals surface area contributed by atoms with E-state index in [9.17, 15) is 8.42 Å². The molecule has 3 aromatic rings. The highest BCUT2D eigenvalue weighted by molar-refractivity contribution is 7.88. The number of hydrogen-bond donors (Lipinski definition) is 2. The van der Waals surface area contributed by atoms with Crippen LogP contribution in [0.15, 0.2) is 54.9 Å². The van der Waals surface area contributed by atoms with Crippen LogP contribution in [-0.4, -0.2) is 31.8 Å². The minimum Gasteiger partial charge on any atom is -0.496 e. The van der Waals surface area contributed by atoms with E-state index in [0.29, 0.717) is 22.3 Å². The lowest BCUT2D eigenvalue weighted by molar-refractivity contribution is 0.416. The number of halogens is 1. The van der Waals surface area contributed by atoms with Crippen LogP contribution in [-0.2, 0) is 16.6 Å². The number of nitrogens with one attached hydrogen (secondary N) is 2. The van der Waals surface area contributed by atoms with Gasteiger partial charge in [-0.2, -0.15) is 0 Å². The topological polar surface area (TPSA) is 93.2 Å². The quantitative estimate of drug-likeness (QED) is 0.609. The standard InChI is InChI=1S/C19H19ClN4O3S/c1-27-18-9-14(20)5-8-16(18)17-10-19(22-12-21-17)24-15-6-3-13(4-7-15)11-23-28(2,25)26/h3-10,12,23H,11H2,1-2H3,(H,21,22,24). The van der Waals surface area contributed by atoms with Crippen molar-refractivity contribution in [1.82, 2.24) is 14.7 Å². The van der Waals surface area contributed by atoms with Gasteiger partial charge in [-0.05, 0) is 35.9 Å². The summed E-state index contributed by atoms with van der Waals surface area (Å²) in [5.41, 5.74) is 3.17. The minimum atomic E-state index is -3.22. The predicted molar refractivity (Wildman–Crippen MR) is 110 cm³/mol. The molecule has 146 valence electrons. The lowest BCUT2D eigenvalue weighted by atomic mass is 10.1. The largest absolute Gasteiger partial charge is 0.496 e. The fraction of sp³-hybridized carbons (Fsp3) is 0.158. The summed E-state index contributed by atoms with van der Waals surface area (Å²) in [6.45, 7) is 0.243. The van der Waals surface area contributed by atoms with Gasteiger partial charge in [-0.15, -0.1) is 0 Å². The Morgan fingerprint density at radius 3 is 2.50 bits per heavy atom. The molecule has 0 bridgehead atoms. The van der Waals surface area contributed by atoms with Crippen LogP contribution in [0, 0.1) is 0 Å². The maximum Gasteiger partial charge on any atom is 0.209 e. The first-order valence-electron chi connectivity index (χ1n) is 8.30. The molecule has 0 spiro atoms. The van der Waals surface area contributed by atoms with E-state index in [4.69, 9.17) is 16.3 Å². The molecule has 1 heterocycles. The number of sulfonamides is 1. The van der Waals surface area contributed by atoms with Crippen LogP contribution in [0.5, 0.6) is 5.75 Å². The molecule has 0 aliphatic heterocycles. The van der Waals surface area contributed by atoms with Gasteiger partial charge in [0.15, 0.2) is 0 Å². The molecule has 0 saturated carbocycles. The van der Waals surface area contributed by atoms with Gasteiger partial charge in [-0.3, -0.25) is 0 Å². The van der Waals surface area contributed by atoms with Crippen LogP contribution in [0.1, 0.15) is 5.56 Å². The fourth-order valence-corrected chi connectivity index (χ4v) is 3.11. The second-order valence-electron chi connectivity index (χ2n) is 6.05. The van der Waals surface area contributed by atoms with Crippen molar-refractivity contribution in [2.75, 3.05) is 18.7 Å². The second-order valence-corrected chi connectivity index (χ2v) is 8.32. The molecular weight excluding hydrogens is 400 g/mol. The van der Waals surface area contributed by atoms with E-state index in [1.807, 2.05) is 36.4 Å². The average Bonchev–Trinajstić information content (AvgIpc) is 2.67. The summed E-state index contributed by atoms with van der Waals surface area (Å²) in [6.07, 6.45) is 2.60. The maximum atomic E-state index is 11.2. The summed E-state index contributed by atoms with van der Waals surface area (Å²) >= 11 is 6.02. The number of benzene rings is 2. The summed E-state index contributed by atoms with van der Waals surface area (Å²) in [5.74, 6) is 1.24. The molecule has 3 rings (SSSR count). The van der Waals surface area contributed by atoms with Crippen molar-refractivity contribution >= 4 is 33.1 Å². The zero-order valence-corrected chi connectivity index (χ0v) is 16.9. The van der Waals surface area contributed by atoms with Gasteiger partial charge < -0.3 is 10.1 Å². The third-order valence-electron chi connectivity index (χ3n) is 3.87. The van der Waals surface area contributed by atoms with E-state index in [0.717, 1.165) is 23.1 Å². The molecule has 0 aliphatic rings. The Kier molecular flexibility index (Phi) is 6.13. The number of methoxy groups -OCH3 is 1. The molecule has 7 nitrogen and oxygen atoms in total. The van der Waals surface area contributed by atoms with E-state index >= 15 is 0 Å². The Bertz CT molecular complexity index is 1070. The van der Waals surface area contributed by atoms with Gasteiger partial charge in [-0.1, -0.05) is 23.7 Å². The Labute approximate surface area is 168 Å². The molecule has 1 aromatic heterocycles. The molecule has 0 unspecified atom stereocenters. The van der Waals surface area contributed by atoms with Crippen molar-refractivity contribution in [1.29, 1.82) is 0 Å². The summed E-state index contributed by atoms with van der Waals surface area (Å²) in [6, 6.07) is 14.5. The van der Waals surface area contributed by atoms with Crippen LogP contribution in [0.4, 0.5) is 11.5 Å². The monoisotopic (exact) mass is 418 g/mol. The Morgan fingerprint density at radius 2 is 1.82 bits per heavy atom. The summed E-state index contributed by atoms with van der Waals surface area (Å²) < 4.78 is 30.2. The first kappa shape index (κ1) is 20.1. The SMILES string of the molecule is COc1cc(Cl)ccc1-c1cc(Nc2ccc(CNS(C)(=O)=O)cc2)ncn1. The first-order chi connectivity index (χ1) is 13.3. The van der Waals surface area contributed by atoms with Crippen LogP contribution >= 0.6 is 11.6 Å². The Balaban J connectivity index is 1.76. The molecule has 28 heavy (non-hydrogen) atoms. The smallest absolute Gasteiger partial charge is 0.209 e. The number of anilines is 2. The highest BCUT2D eigenvalue weighted by Gasteiger charge is 2.09. The fourth-order valence-electron chi connectivity index (χ4n) is 2.52. The van der Waals surface area contributed by atoms with Gasteiger partial charge >= 0.3 is 0 Å². The highest BCUT2D eigenvalue weighted by Crippen LogP contribution is 2.32. The van der Waals surface area contributed by atoms with Crippen molar-refractivity contribution in [2.24, 2.45) is 0 Å². The Hall–Kier alpha value is -2.68. The van der Waals surface area contributed by atoms with Crippen molar-refractivity contribution < 1.29 is 13.2 Å². The normalized spacial score (nSPS) is 11.2. The minimum absolute atomic E-state index is 0.243. The highest BCUT2D eigenvalue weighted by atomic mass is 35.5. The van der Waals surface area contributed by atoms with Gasteiger partial charge in [0.25, 0.3) is 0 Å². The number of nitrogens with zero attached hydrogens (tertiary/aromatic N) is 2. The Morgan fingerprint density at radius 1 is 1.07 bits per heavy atom. The predicted octanol–water partition coefficient (Wildman–Crippen LogP) is 3.60. The molecule has 0 saturated heterocycles. The van der Waals surface area contributed by atoms with Crippen LogP contribution < -0.4 is 14.8 Å². The third kappa shape index (κ3) is 5.41. The number of ether oxygens (including phenoxy) is 1. The van der Waals surface area contributed by atoms with E-state index in [1.54, 1.807) is 19.2 Å². The van der Waals surface area contributed by atoms with E-state index < -0.39 is 10.0 Å². The molecule has 0 atom stereocenters. The lowest BCUT2D eigenvalue weighted by Gasteiger charge is -2.11. The van der Waals surface area contributed by atoms with Gasteiger partial charge in [0.05, 0.1) is 19.1 Å². The molecule has 0 fully saturated rings. The zero-order valence-electron chi connectivity index (χ0n) is 15.3. The first-order valence-corrected chi connectivity index (χ1v) is 10.6. The van der Waals surface area contributed by atoms with E-state index in [-0.39, 0.29) is 6.54 Å². The van der Waals surface area contributed by atoms with Gasteiger partial charge in [0.1, 0.15) is 17.9 Å². The van der Waals surface area contributed by atoms with Crippen LogP contribution in [0.2, 0.25) is 5.02 Å². The second kappa shape index (κ2) is 8.55. The molecule has 2 aromatic carbocycles. The van der Waals surface area contributed by atoms with E-state index in [2.05, 4.69) is 20.0 Å². The molecular formula is C19H19ClN4O3S. The number of hydrogen-bond acceptors (Lipinski definition) is 6. The van der Waals surface area contributed by atoms with Crippen molar-refractivity contribution in [3.8, 4) is 17.0 Å². The molecule has 0 amide bonds. The zero-order chi connectivity index (χ0) is 20.1. The molecule has 0 aliphatic carbocycles. The van der Waals surface area contributed by atoms with Gasteiger partial charge in [0, 0.05) is 28.9 Å². The average molecular weight is 419 g/mol.